The van der Waals surface area contributed by atoms with Crippen molar-refractivity contribution in [1.82, 2.24) is 23.5 Å². The van der Waals surface area contributed by atoms with Gasteiger partial charge in [-0.3, -0.25) is 9.36 Å². The van der Waals surface area contributed by atoms with E-state index in [0.717, 1.165) is 29.8 Å². The second-order valence-electron chi connectivity index (χ2n) is 7.61. The number of nitrogens with zero attached hydrogens (tertiary/aromatic N) is 5. The number of hydrogen-bond donors (Lipinski definition) is 0. The smallest absolute Gasteiger partial charge is 0.285 e. The van der Waals surface area contributed by atoms with Gasteiger partial charge in [-0.2, -0.15) is 0 Å². The van der Waals surface area contributed by atoms with Crippen LogP contribution in [-0.4, -0.2) is 23.5 Å². The fraction of sp³-hybridized carbons (Fsp3) is 0.381. The van der Waals surface area contributed by atoms with E-state index in [1.54, 1.807) is 10.7 Å². The summed E-state index contributed by atoms with van der Waals surface area (Å²) in [5.74, 6) is 1.26. The minimum atomic E-state index is -0.0488. The minimum Gasteiger partial charge on any atom is -0.320 e. The molecule has 0 saturated carbocycles. The highest BCUT2D eigenvalue weighted by Crippen LogP contribution is 2.18. The number of benzene rings is 1. The average Bonchev–Trinajstić information content (AvgIpc) is 3.21. The Kier molecular flexibility index (Phi) is 4.34. The van der Waals surface area contributed by atoms with Gasteiger partial charge >= 0.3 is 0 Å². The number of imidazole rings is 2. The molecule has 0 aliphatic rings. The second-order valence-corrected chi connectivity index (χ2v) is 7.61. The summed E-state index contributed by atoms with van der Waals surface area (Å²) in [4.78, 5) is 22.6. The minimum absolute atomic E-state index is 0.0488. The standard InChI is InChI=1S/C21H25N5O/c1-14(2)10-11-17-15(3)26-20(27)18-19(24(4)21(26)23-17)22-13-25(18)12-16-8-6-5-7-9-16/h5-9,13-14H,10-12H2,1-4H3. The number of rotatable bonds is 5. The molecule has 140 valence electrons. The molecule has 4 rings (SSSR count). The van der Waals surface area contributed by atoms with E-state index in [0.29, 0.717) is 29.4 Å². The maximum Gasteiger partial charge on any atom is 0.285 e. The number of aromatic nitrogens is 5. The Balaban J connectivity index is 1.89. The largest absolute Gasteiger partial charge is 0.320 e. The highest BCUT2D eigenvalue weighted by Gasteiger charge is 2.19. The van der Waals surface area contributed by atoms with E-state index < -0.39 is 0 Å². The first-order valence-corrected chi connectivity index (χ1v) is 9.43. The first-order chi connectivity index (χ1) is 13.0. The Bertz CT molecular complexity index is 1160. The summed E-state index contributed by atoms with van der Waals surface area (Å²) in [6, 6.07) is 10.1. The SMILES string of the molecule is Cc1c(CCC(C)C)nc2n(C)c3ncn(Cc4ccccc4)c3c(=O)n12. The van der Waals surface area contributed by atoms with Crippen LogP contribution in [-0.2, 0) is 20.0 Å². The molecule has 0 radical (unpaired) electrons. The Morgan fingerprint density at radius 2 is 1.89 bits per heavy atom. The zero-order valence-electron chi connectivity index (χ0n) is 16.3. The van der Waals surface area contributed by atoms with Crippen LogP contribution in [0.2, 0.25) is 0 Å². The molecule has 0 atom stereocenters. The molecular formula is C21H25N5O. The maximum atomic E-state index is 13.3. The van der Waals surface area contributed by atoms with Crippen molar-refractivity contribution in [3.05, 3.63) is 64.0 Å². The van der Waals surface area contributed by atoms with Crippen molar-refractivity contribution in [3.63, 3.8) is 0 Å². The molecule has 0 bridgehead atoms. The van der Waals surface area contributed by atoms with E-state index in [4.69, 9.17) is 4.98 Å². The van der Waals surface area contributed by atoms with E-state index in [1.165, 1.54) is 0 Å². The van der Waals surface area contributed by atoms with Crippen LogP contribution in [0, 0.1) is 12.8 Å². The highest BCUT2D eigenvalue weighted by molar-refractivity contribution is 5.73. The summed E-state index contributed by atoms with van der Waals surface area (Å²) in [6.45, 7) is 7.01. The Morgan fingerprint density at radius 1 is 1.15 bits per heavy atom. The summed E-state index contributed by atoms with van der Waals surface area (Å²) >= 11 is 0. The van der Waals surface area contributed by atoms with Crippen LogP contribution in [0.5, 0.6) is 0 Å². The molecular weight excluding hydrogens is 338 g/mol. The van der Waals surface area contributed by atoms with E-state index in [2.05, 4.69) is 31.0 Å². The number of aryl methyl sites for hydroxylation is 3. The molecule has 0 N–H and O–H groups in total. The van der Waals surface area contributed by atoms with E-state index in [1.807, 2.05) is 41.3 Å². The molecule has 6 heteroatoms. The van der Waals surface area contributed by atoms with Gasteiger partial charge in [-0.05, 0) is 31.2 Å². The van der Waals surface area contributed by atoms with Crippen molar-refractivity contribution in [2.75, 3.05) is 0 Å². The third-order valence-corrected chi connectivity index (χ3v) is 5.18. The van der Waals surface area contributed by atoms with Crippen molar-refractivity contribution < 1.29 is 0 Å². The fourth-order valence-electron chi connectivity index (χ4n) is 3.60. The van der Waals surface area contributed by atoms with Gasteiger partial charge in [0.25, 0.3) is 5.56 Å². The molecule has 27 heavy (non-hydrogen) atoms. The predicted octanol–water partition coefficient (Wildman–Crippen LogP) is 3.33. The van der Waals surface area contributed by atoms with Gasteiger partial charge in [0.05, 0.1) is 12.0 Å². The molecule has 4 aromatic rings. The molecule has 0 saturated heterocycles. The number of fused-ring (bicyclic) bond motifs is 2. The van der Waals surface area contributed by atoms with Crippen LogP contribution in [0.25, 0.3) is 16.9 Å². The molecule has 1 aromatic carbocycles. The maximum absolute atomic E-state index is 13.3. The lowest BCUT2D eigenvalue weighted by Crippen LogP contribution is -2.21. The van der Waals surface area contributed by atoms with Crippen molar-refractivity contribution in [2.24, 2.45) is 13.0 Å². The summed E-state index contributed by atoms with van der Waals surface area (Å²) in [5, 5.41) is 0. The summed E-state index contributed by atoms with van der Waals surface area (Å²) < 4.78 is 5.59. The van der Waals surface area contributed by atoms with Crippen LogP contribution >= 0.6 is 0 Å². The Labute approximate surface area is 158 Å². The summed E-state index contributed by atoms with van der Waals surface area (Å²) in [5.41, 5.74) is 4.30. The quantitative estimate of drug-likeness (QED) is 0.546. The molecule has 0 aliphatic carbocycles. The van der Waals surface area contributed by atoms with Crippen LogP contribution in [0.15, 0.2) is 41.5 Å². The first-order valence-electron chi connectivity index (χ1n) is 9.43. The van der Waals surface area contributed by atoms with Crippen molar-refractivity contribution in [3.8, 4) is 0 Å². The first kappa shape index (κ1) is 17.5. The third-order valence-electron chi connectivity index (χ3n) is 5.18. The molecule has 0 aliphatic heterocycles. The van der Waals surface area contributed by atoms with Gasteiger partial charge in [-0.15, -0.1) is 0 Å². The lowest BCUT2D eigenvalue weighted by molar-refractivity contribution is 0.581. The van der Waals surface area contributed by atoms with Crippen molar-refractivity contribution >= 4 is 16.9 Å². The van der Waals surface area contributed by atoms with Gasteiger partial charge in [0.15, 0.2) is 11.2 Å². The topological polar surface area (TPSA) is 57.1 Å². The van der Waals surface area contributed by atoms with E-state index in [9.17, 15) is 4.79 Å². The monoisotopic (exact) mass is 363 g/mol. The summed E-state index contributed by atoms with van der Waals surface area (Å²) in [6.07, 6.45) is 3.68. The molecule has 0 unspecified atom stereocenters. The second kappa shape index (κ2) is 6.68. The highest BCUT2D eigenvalue weighted by atomic mass is 16.1. The van der Waals surface area contributed by atoms with Gasteiger partial charge in [0.2, 0.25) is 5.78 Å². The zero-order valence-corrected chi connectivity index (χ0v) is 16.3. The molecule has 6 nitrogen and oxygen atoms in total. The zero-order chi connectivity index (χ0) is 19.1. The van der Waals surface area contributed by atoms with Gasteiger partial charge in [0, 0.05) is 19.3 Å². The predicted molar refractivity (Wildman–Crippen MR) is 107 cm³/mol. The fourth-order valence-corrected chi connectivity index (χ4v) is 3.60. The molecule has 0 fully saturated rings. The van der Waals surface area contributed by atoms with Crippen LogP contribution in [0.1, 0.15) is 37.2 Å². The normalized spacial score (nSPS) is 11.9. The molecule has 3 heterocycles. The number of hydrogen-bond acceptors (Lipinski definition) is 3. The molecule has 3 aromatic heterocycles. The van der Waals surface area contributed by atoms with Gasteiger partial charge in [0.1, 0.15) is 0 Å². The Morgan fingerprint density at radius 3 is 2.59 bits per heavy atom. The lowest BCUT2D eigenvalue weighted by Gasteiger charge is -2.07. The van der Waals surface area contributed by atoms with Gasteiger partial charge in [-0.1, -0.05) is 44.2 Å². The van der Waals surface area contributed by atoms with Crippen LogP contribution in [0.3, 0.4) is 0 Å². The van der Waals surface area contributed by atoms with Crippen LogP contribution < -0.4 is 5.56 Å². The molecule has 0 spiro atoms. The van der Waals surface area contributed by atoms with Crippen molar-refractivity contribution in [2.45, 2.75) is 40.2 Å². The third kappa shape index (κ3) is 2.95. The van der Waals surface area contributed by atoms with Crippen molar-refractivity contribution in [1.29, 1.82) is 0 Å². The average molecular weight is 363 g/mol. The lowest BCUT2D eigenvalue weighted by atomic mass is 10.1. The molecule has 0 amide bonds. The van der Waals surface area contributed by atoms with Gasteiger partial charge in [-0.25, -0.2) is 14.4 Å². The van der Waals surface area contributed by atoms with E-state index in [-0.39, 0.29) is 5.56 Å². The Hall–Kier alpha value is -2.89. The summed E-state index contributed by atoms with van der Waals surface area (Å²) in [7, 11) is 1.93. The van der Waals surface area contributed by atoms with E-state index >= 15 is 0 Å². The van der Waals surface area contributed by atoms with Gasteiger partial charge < -0.3 is 4.57 Å². The van der Waals surface area contributed by atoms with Crippen LogP contribution in [0.4, 0.5) is 0 Å².